The first-order valence-corrected chi connectivity index (χ1v) is 11.3. The Morgan fingerprint density at radius 3 is 2.70 bits per heavy atom. The second-order valence-corrected chi connectivity index (χ2v) is 9.05. The van der Waals surface area contributed by atoms with Gasteiger partial charge in [-0.15, -0.1) is 0 Å². The van der Waals surface area contributed by atoms with Crippen molar-refractivity contribution in [3.8, 4) is 0 Å². The van der Waals surface area contributed by atoms with Gasteiger partial charge >= 0.3 is 6.09 Å². The van der Waals surface area contributed by atoms with Crippen LogP contribution >= 0.6 is 0 Å². The number of benzene rings is 1. The lowest BCUT2D eigenvalue weighted by Crippen LogP contribution is -2.48. The van der Waals surface area contributed by atoms with E-state index in [1.54, 1.807) is 0 Å². The second-order valence-electron chi connectivity index (χ2n) is 9.05. The molecule has 1 spiro atoms. The van der Waals surface area contributed by atoms with E-state index in [0.717, 1.165) is 61.9 Å². The second kappa shape index (κ2) is 7.93. The zero-order valence-electron chi connectivity index (χ0n) is 17.4. The highest BCUT2D eigenvalue weighted by atomic mass is 16.6. The van der Waals surface area contributed by atoms with Crippen LogP contribution in [0.2, 0.25) is 0 Å². The largest absolute Gasteiger partial charge is 0.441 e. The van der Waals surface area contributed by atoms with Crippen molar-refractivity contribution in [2.75, 3.05) is 19.6 Å². The van der Waals surface area contributed by atoms with Crippen LogP contribution in [-0.2, 0) is 16.0 Å². The first-order chi connectivity index (χ1) is 14.6. The average molecular weight is 411 g/mol. The number of fused-ring (bicyclic) bond motifs is 1. The maximum Gasteiger partial charge on any atom is 0.410 e. The maximum absolute atomic E-state index is 12.7. The minimum absolute atomic E-state index is 0.147. The van der Waals surface area contributed by atoms with Gasteiger partial charge in [0.2, 0.25) is 5.91 Å². The van der Waals surface area contributed by atoms with Gasteiger partial charge in [-0.3, -0.25) is 4.79 Å². The van der Waals surface area contributed by atoms with Crippen molar-refractivity contribution in [1.29, 1.82) is 0 Å². The third-order valence-electron chi connectivity index (χ3n) is 7.03. The number of piperidine rings is 1. The van der Waals surface area contributed by atoms with Crippen molar-refractivity contribution in [3.05, 3.63) is 30.1 Å². The number of amides is 2. The Morgan fingerprint density at radius 2 is 1.93 bits per heavy atom. The molecule has 1 aromatic carbocycles. The SMILES string of the molecule is O=C(CCc1nc2ccccc2[nH]1)N1CCC(N2CC3(CCCCC3)OC2=O)CC1. The minimum atomic E-state index is -0.241. The molecule has 1 saturated carbocycles. The first kappa shape index (κ1) is 19.4. The lowest BCUT2D eigenvalue weighted by Gasteiger charge is -2.36. The summed E-state index contributed by atoms with van der Waals surface area (Å²) in [6, 6.07) is 8.11. The van der Waals surface area contributed by atoms with E-state index in [-0.39, 0.29) is 23.6 Å². The fourth-order valence-electron chi connectivity index (χ4n) is 5.32. The number of aromatic amines is 1. The molecule has 3 heterocycles. The summed E-state index contributed by atoms with van der Waals surface area (Å²) in [5.74, 6) is 1.03. The molecule has 0 unspecified atom stereocenters. The Balaban J connectivity index is 1.12. The number of hydrogen-bond donors (Lipinski definition) is 1. The molecular weight excluding hydrogens is 380 g/mol. The Hall–Kier alpha value is -2.57. The molecule has 3 aliphatic rings. The van der Waals surface area contributed by atoms with E-state index < -0.39 is 0 Å². The van der Waals surface area contributed by atoms with Gasteiger partial charge in [0, 0.05) is 32.0 Å². The number of aryl methyl sites for hydroxylation is 1. The van der Waals surface area contributed by atoms with E-state index in [1.807, 2.05) is 34.1 Å². The first-order valence-electron chi connectivity index (χ1n) is 11.3. The van der Waals surface area contributed by atoms with Crippen LogP contribution in [0.3, 0.4) is 0 Å². The van der Waals surface area contributed by atoms with Gasteiger partial charge in [-0.2, -0.15) is 0 Å². The number of nitrogens with one attached hydrogen (secondary N) is 1. The molecule has 1 aromatic heterocycles. The summed E-state index contributed by atoms with van der Waals surface area (Å²) in [4.78, 5) is 36.9. The van der Waals surface area contributed by atoms with E-state index in [4.69, 9.17) is 4.74 Å². The van der Waals surface area contributed by atoms with Crippen molar-refractivity contribution in [3.63, 3.8) is 0 Å². The van der Waals surface area contributed by atoms with Gasteiger partial charge in [0.25, 0.3) is 0 Å². The number of imidazole rings is 1. The molecule has 7 heteroatoms. The van der Waals surface area contributed by atoms with E-state index in [2.05, 4.69) is 9.97 Å². The predicted octanol–water partition coefficient (Wildman–Crippen LogP) is 3.64. The number of nitrogens with zero attached hydrogens (tertiary/aromatic N) is 3. The molecule has 2 aromatic rings. The van der Waals surface area contributed by atoms with Gasteiger partial charge in [0.05, 0.1) is 17.6 Å². The summed E-state index contributed by atoms with van der Waals surface area (Å²) in [7, 11) is 0. The van der Waals surface area contributed by atoms with Crippen LogP contribution in [0, 0.1) is 0 Å². The Morgan fingerprint density at radius 1 is 1.17 bits per heavy atom. The number of para-hydroxylation sites is 2. The van der Waals surface area contributed by atoms with Gasteiger partial charge in [-0.05, 0) is 50.7 Å². The summed E-state index contributed by atoms with van der Waals surface area (Å²) < 4.78 is 5.84. The fraction of sp³-hybridized carbons (Fsp3) is 0.609. The number of hydrogen-bond acceptors (Lipinski definition) is 4. The lowest BCUT2D eigenvalue weighted by molar-refractivity contribution is -0.132. The van der Waals surface area contributed by atoms with Crippen LogP contribution in [0.4, 0.5) is 4.79 Å². The summed E-state index contributed by atoms with van der Waals surface area (Å²) in [6.07, 6.45) is 8.14. The Labute approximate surface area is 176 Å². The maximum atomic E-state index is 12.7. The van der Waals surface area contributed by atoms with Crippen molar-refractivity contribution in [2.24, 2.45) is 0 Å². The van der Waals surface area contributed by atoms with Crippen LogP contribution in [0.1, 0.15) is 57.2 Å². The smallest absolute Gasteiger partial charge is 0.410 e. The van der Waals surface area contributed by atoms with Gasteiger partial charge < -0.3 is 19.5 Å². The van der Waals surface area contributed by atoms with E-state index >= 15 is 0 Å². The zero-order valence-corrected chi connectivity index (χ0v) is 17.4. The monoisotopic (exact) mass is 410 g/mol. The molecule has 0 radical (unpaired) electrons. The summed E-state index contributed by atoms with van der Waals surface area (Å²) >= 11 is 0. The van der Waals surface area contributed by atoms with Gasteiger partial charge in [-0.25, -0.2) is 9.78 Å². The normalized spacial score (nSPS) is 22.1. The van der Waals surface area contributed by atoms with Crippen LogP contribution in [-0.4, -0.2) is 63.0 Å². The molecule has 2 aliphatic heterocycles. The number of carbonyl (C=O) groups excluding carboxylic acids is 2. The summed E-state index contributed by atoms with van der Waals surface area (Å²) in [6.45, 7) is 2.15. The predicted molar refractivity (Wildman–Crippen MR) is 113 cm³/mol. The highest BCUT2D eigenvalue weighted by Gasteiger charge is 2.48. The number of likely N-dealkylation sites (tertiary alicyclic amines) is 1. The zero-order chi connectivity index (χ0) is 20.6. The fourth-order valence-corrected chi connectivity index (χ4v) is 5.32. The van der Waals surface area contributed by atoms with Crippen LogP contribution < -0.4 is 0 Å². The van der Waals surface area contributed by atoms with Crippen LogP contribution in [0.5, 0.6) is 0 Å². The Bertz CT molecular complexity index is 892. The molecule has 5 rings (SSSR count). The van der Waals surface area contributed by atoms with Gasteiger partial charge in [-0.1, -0.05) is 18.6 Å². The van der Waals surface area contributed by atoms with Crippen molar-refractivity contribution in [1.82, 2.24) is 19.8 Å². The third-order valence-corrected chi connectivity index (χ3v) is 7.03. The molecule has 2 amide bonds. The minimum Gasteiger partial charge on any atom is -0.441 e. The van der Waals surface area contributed by atoms with E-state index in [0.29, 0.717) is 25.9 Å². The molecule has 160 valence electrons. The molecule has 0 bridgehead atoms. The number of carbonyl (C=O) groups is 2. The molecule has 3 fully saturated rings. The van der Waals surface area contributed by atoms with Crippen molar-refractivity contribution in [2.45, 2.75) is 69.4 Å². The highest BCUT2D eigenvalue weighted by Crippen LogP contribution is 2.38. The number of rotatable bonds is 4. The van der Waals surface area contributed by atoms with Crippen LogP contribution in [0.15, 0.2) is 24.3 Å². The van der Waals surface area contributed by atoms with Crippen molar-refractivity contribution < 1.29 is 14.3 Å². The van der Waals surface area contributed by atoms with E-state index in [9.17, 15) is 9.59 Å². The van der Waals surface area contributed by atoms with Crippen molar-refractivity contribution >= 4 is 23.0 Å². The number of ether oxygens (including phenoxy) is 1. The molecule has 7 nitrogen and oxygen atoms in total. The Kier molecular flexibility index (Phi) is 5.13. The molecule has 1 aliphatic carbocycles. The number of H-pyrrole nitrogens is 1. The average Bonchev–Trinajstić information content (AvgIpc) is 3.33. The quantitative estimate of drug-likeness (QED) is 0.835. The topological polar surface area (TPSA) is 78.5 Å². The van der Waals surface area contributed by atoms with Gasteiger partial charge in [0.1, 0.15) is 11.4 Å². The number of aromatic nitrogens is 2. The molecular formula is C23H30N4O3. The molecule has 30 heavy (non-hydrogen) atoms. The third kappa shape index (κ3) is 3.77. The standard InChI is InChI=1S/C23H30N4O3/c28-21(9-8-20-24-18-6-2-3-7-19(18)25-20)26-14-10-17(11-15-26)27-16-23(30-22(27)29)12-4-1-5-13-23/h2-3,6-7,17H,1,4-5,8-16H2,(H,24,25). The van der Waals surface area contributed by atoms with Crippen LogP contribution in [0.25, 0.3) is 11.0 Å². The molecule has 0 atom stereocenters. The summed E-state index contributed by atoms with van der Waals surface area (Å²) in [5.41, 5.74) is 1.71. The van der Waals surface area contributed by atoms with Gasteiger partial charge in [0.15, 0.2) is 0 Å². The summed E-state index contributed by atoms with van der Waals surface area (Å²) in [5, 5.41) is 0. The molecule has 2 saturated heterocycles. The lowest BCUT2D eigenvalue weighted by atomic mass is 9.84. The van der Waals surface area contributed by atoms with E-state index in [1.165, 1.54) is 6.42 Å². The highest BCUT2D eigenvalue weighted by molar-refractivity contribution is 5.77. The molecule has 1 N–H and O–H groups in total.